The SMILES string of the molecule is CCCN(C)C(=O)c1nc(N)cc(Cl)n1.Nc1cc(Cl)nc(C(=O)O)n1.[2H]N.[2H]O. The summed E-state index contributed by atoms with van der Waals surface area (Å²) in [6.45, 7) is 2.63. The van der Waals surface area contributed by atoms with Crippen LogP contribution < -0.4 is 17.6 Å². The second kappa shape index (κ2) is 12.6. The lowest BCUT2D eigenvalue weighted by Gasteiger charge is -2.14. The zero-order valence-electron chi connectivity index (χ0n) is 17.0. The summed E-state index contributed by atoms with van der Waals surface area (Å²) in [5.41, 5.74) is 16.9. The number of rotatable bonds is 4. The lowest BCUT2D eigenvalue weighted by atomic mass is 10.4. The van der Waals surface area contributed by atoms with Crippen LogP contribution in [0.25, 0.3) is 0 Å². The van der Waals surface area contributed by atoms with Crippen molar-refractivity contribution < 1.29 is 23.0 Å². The third-order valence-electron chi connectivity index (χ3n) is 2.72. The molecule has 28 heavy (non-hydrogen) atoms. The van der Waals surface area contributed by atoms with Crippen LogP contribution in [-0.4, -0.2) is 60.9 Å². The van der Waals surface area contributed by atoms with Crippen LogP contribution in [0.2, 0.25) is 11.7 Å². The molecule has 1 amide bonds. The topological polar surface area (TPSA) is 228 Å². The fourth-order valence-electron chi connectivity index (χ4n) is 1.67. The van der Waals surface area contributed by atoms with Gasteiger partial charge < -0.3 is 33.1 Å². The maximum Gasteiger partial charge on any atom is 0.374 e. The Hall–Kier alpha value is -2.80. The number of anilines is 2. The summed E-state index contributed by atoms with van der Waals surface area (Å²) in [6, 6.07) is 2.67. The molecule has 2 aromatic heterocycles. The van der Waals surface area contributed by atoms with Gasteiger partial charge in [0.15, 0.2) is 0 Å². The molecule has 0 unspecified atom stereocenters. The molecule has 0 fully saturated rings. The zero-order valence-corrected chi connectivity index (χ0v) is 16.5. The van der Waals surface area contributed by atoms with Gasteiger partial charge in [-0.1, -0.05) is 30.1 Å². The lowest BCUT2D eigenvalue weighted by Crippen LogP contribution is -2.29. The molecule has 2 heterocycles. The van der Waals surface area contributed by atoms with Gasteiger partial charge in [-0.2, -0.15) is 0 Å². The minimum absolute atomic E-state index is 0.0231. The molecule has 14 heteroatoms. The molecule has 156 valence electrons. The number of aromatic nitrogens is 4. The van der Waals surface area contributed by atoms with E-state index in [0.29, 0.717) is 6.54 Å². The third kappa shape index (κ3) is 8.73. The number of hydrogen-bond acceptors (Lipinski definition) is 9. The van der Waals surface area contributed by atoms with Gasteiger partial charge in [0.1, 0.15) is 23.4 Å². The van der Waals surface area contributed by atoms with Crippen molar-refractivity contribution in [1.82, 2.24) is 31.0 Å². The maximum atomic E-state index is 11.7. The smallest absolute Gasteiger partial charge is 0.374 e. The molecule has 0 radical (unpaired) electrons. The van der Waals surface area contributed by atoms with Crippen molar-refractivity contribution in [2.24, 2.45) is 0 Å². The molecular weight excluding hydrogens is 415 g/mol. The van der Waals surface area contributed by atoms with E-state index in [1.807, 2.05) is 6.92 Å². The van der Waals surface area contributed by atoms with Gasteiger partial charge in [0.2, 0.25) is 13.1 Å². The first-order valence-electron chi connectivity index (χ1n) is 8.25. The summed E-state index contributed by atoms with van der Waals surface area (Å²) in [5, 5.41) is 8.59. The number of halogens is 2. The summed E-state index contributed by atoms with van der Waals surface area (Å²) in [4.78, 5) is 38.0. The van der Waals surface area contributed by atoms with Crippen molar-refractivity contribution >= 4 is 46.7 Å². The fraction of sp³-hybridized carbons (Fsp3) is 0.286. The van der Waals surface area contributed by atoms with Crippen molar-refractivity contribution in [3.63, 3.8) is 0 Å². The van der Waals surface area contributed by atoms with Crippen molar-refractivity contribution in [1.29, 1.82) is 0 Å². The van der Waals surface area contributed by atoms with E-state index in [4.69, 9.17) is 48.1 Å². The average molecular weight is 439 g/mol. The highest BCUT2D eigenvalue weighted by molar-refractivity contribution is 6.30. The first-order valence-corrected chi connectivity index (χ1v) is 7.98. The number of nitrogens with two attached hydrogens (primary N) is 2. The van der Waals surface area contributed by atoms with E-state index in [1.54, 1.807) is 7.05 Å². The van der Waals surface area contributed by atoms with Gasteiger partial charge in [-0.3, -0.25) is 4.79 Å². The molecule has 0 aliphatic heterocycles. The van der Waals surface area contributed by atoms with Crippen LogP contribution in [-0.2, 0) is 0 Å². The highest BCUT2D eigenvalue weighted by Gasteiger charge is 2.15. The first kappa shape index (κ1) is 23.2. The van der Waals surface area contributed by atoms with E-state index in [0.717, 1.165) is 6.42 Å². The Bertz CT molecular complexity index is 779. The number of hydrogen-bond donors (Lipinski definition) is 4. The molecular formula is C14H22Cl2N8O4. The predicted molar refractivity (Wildman–Crippen MR) is 106 cm³/mol. The van der Waals surface area contributed by atoms with Crippen LogP contribution in [0.1, 0.15) is 36.0 Å². The Labute approximate surface area is 173 Å². The number of carbonyl (C=O) groups is 2. The van der Waals surface area contributed by atoms with E-state index in [1.165, 1.54) is 17.0 Å². The molecule has 0 saturated carbocycles. The quantitative estimate of drug-likeness (QED) is 0.493. The maximum absolute atomic E-state index is 11.7. The standard InChI is InChI=1S/C9H13ClN4O.C5H4ClN3O2.H3N.H2O/c1-3-4-14(2)9(15)8-12-6(10)5-7(11)13-8;6-2-1-3(7)9-4(8-2)5(10)11;;/h5H,3-4H2,1-2H3,(H2,11,12,13);1H,(H,10,11)(H2,7,8,9);1H3;1H2/i/hD2. The van der Waals surface area contributed by atoms with E-state index >= 15 is 0 Å². The normalized spacial score (nSPS) is 9.64. The highest BCUT2D eigenvalue weighted by atomic mass is 35.5. The predicted octanol–water partition coefficient (Wildman–Crippen LogP) is 0.942. The van der Waals surface area contributed by atoms with Gasteiger partial charge in [-0.15, -0.1) is 0 Å². The van der Waals surface area contributed by atoms with E-state index < -0.39 is 11.8 Å². The Morgan fingerprint density at radius 3 is 1.96 bits per heavy atom. The Morgan fingerprint density at radius 2 is 1.57 bits per heavy atom. The van der Waals surface area contributed by atoms with Gasteiger partial charge in [0.05, 0.1) is 0 Å². The monoisotopic (exact) mass is 438 g/mol. The summed E-state index contributed by atoms with van der Waals surface area (Å²) >= 11 is 11.1. The van der Waals surface area contributed by atoms with Gasteiger partial charge in [-0.25, -0.2) is 24.7 Å². The molecule has 12 nitrogen and oxygen atoms in total. The van der Waals surface area contributed by atoms with Gasteiger partial charge in [0.25, 0.3) is 5.91 Å². The average Bonchev–Trinajstić information content (AvgIpc) is 2.69. The molecule has 0 aromatic carbocycles. The largest absolute Gasteiger partial charge is 0.475 e. The van der Waals surface area contributed by atoms with Crippen LogP contribution in [0.4, 0.5) is 11.6 Å². The number of nitrogen functional groups attached to an aromatic ring is 2. The zero-order chi connectivity index (χ0) is 23.9. The van der Waals surface area contributed by atoms with Crippen molar-refractivity contribution in [2.75, 3.05) is 25.1 Å². The van der Waals surface area contributed by atoms with Crippen LogP contribution in [0, 0.1) is 0 Å². The van der Waals surface area contributed by atoms with Crippen molar-refractivity contribution in [2.45, 2.75) is 13.3 Å². The van der Waals surface area contributed by atoms with Gasteiger partial charge in [-0.05, 0) is 6.42 Å². The summed E-state index contributed by atoms with van der Waals surface area (Å²) in [6.07, 6.45) is 4.62. The first-order chi connectivity index (χ1) is 14.1. The van der Waals surface area contributed by atoms with E-state index in [2.05, 4.69) is 26.1 Å². The molecule has 0 aliphatic rings. The Kier molecular flexibility index (Phi) is 10.4. The van der Waals surface area contributed by atoms with E-state index in [-0.39, 0.29) is 33.7 Å². The van der Waals surface area contributed by atoms with Crippen LogP contribution in [0.15, 0.2) is 12.1 Å². The van der Waals surface area contributed by atoms with Crippen molar-refractivity contribution in [3.05, 3.63) is 34.1 Å². The molecule has 0 bridgehead atoms. The van der Waals surface area contributed by atoms with Crippen LogP contribution in [0.3, 0.4) is 0 Å². The molecule has 2 aromatic rings. The highest BCUT2D eigenvalue weighted by Crippen LogP contribution is 2.10. The lowest BCUT2D eigenvalue weighted by molar-refractivity contribution is 0.0683. The number of nitrogens with zero attached hydrogens (tertiary/aromatic N) is 5. The minimum atomic E-state index is -1.25. The number of carboxylic acid groups (broad SMARTS) is 1. The molecule has 0 saturated heterocycles. The van der Waals surface area contributed by atoms with Crippen LogP contribution >= 0.6 is 23.2 Å². The second-order valence-corrected chi connectivity index (χ2v) is 5.68. The Morgan fingerprint density at radius 1 is 1.14 bits per heavy atom. The number of carboxylic acids is 1. The minimum Gasteiger partial charge on any atom is -0.475 e. The summed E-state index contributed by atoms with van der Waals surface area (Å²) in [7, 11) is 1.69. The summed E-state index contributed by atoms with van der Waals surface area (Å²) < 4.78 is 10.0. The van der Waals surface area contributed by atoms with Crippen molar-refractivity contribution in [3.8, 4) is 0 Å². The Balaban J connectivity index is 0. The molecule has 0 atom stereocenters. The van der Waals surface area contributed by atoms with E-state index in [9.17, 15) is 9.59 Å². The molecule has 0 spiro atoms. The number of amides is 1. The molecule has 0 aliphatic carbocycles. The number of carbonyl (C=O) groups excluding carboxylic acids is 1. The van der Waals surface area contributed by atoms with Crippen LogP contribution in [0.5, 0.6) is 0 Å². The van der Waals surface area contributed by atoms with Gasteiger partial charge >= 0.3 is 5.97 Å². The molecule has 2 rings (SSSR count). The fourth-order valence-corrected chi connectivity index (χ4v) is 2.05. The number of aromatic carboxylic acids is 1. The molecule has 10 N–H and O–H groups in total. The third-order valence-corrected chi connectivity index (χ3v) is 3.10. The second-order valence-electron chi connectivity index (χ2n) is 4.91. The van der Waals surface area contributed by atoms with Gasteiger partial charge in [0, 0.05) is 25.7 Å². The summed E-state index contributed by atoms with van der Waals surface area (Å²) in [5.74, 6) is -1.64.